The Morgan fingerprint density at radius 1 is 1.00 bits per heavy atom. The summed E-state index contributed by atoms with van der Waals surface area (Å²) in [6.07, 6.45) is -0.00272. The van der Waals surface area contributed by atoms with Gasteiger partial charge in [0.25, 0.3) is 11.8 Å². The lowest BCUT2D eigenvalue weighted by Crippen LogP contribution is -2.47. The summed E-state index contributed by atoms with van der Waals surface area (Å²) >= 11 is 0. The second-order valence-corrected chi connectivity index (χ2v) is 7.58. The van der Waals surface area contributed by atoms with Gasteiger partial charge in [-0.25, -0.2) is 0 Å². The number of fused-ring (bicyclic) bond motifs is 1. The van der Waals surface area contributed by atoms with Gasteiger partial charge in [0.15, 0.2) is 0 Å². The first-order valence-electron chi connectivity index (χ1n) is 10.2. The number of nitrogens with zero attached hydrogens (tertiary/aromatic N) is 2. The molecule has 0 aliphatic carbocycles. The van der Waals surface area contributed by atoms with Crippen LogP contribution in [0, 0.1) is 0 Å². The highest BCUT2D eigenvalue weighted by Crippen LogP contribution is 2.22. The molecule has 0 spiro atoms. The van der Waals surface area contributed by atoms with E-state index in [0.29, 0.717) is 24.3 Å². The van der Waals surface area contributed by atoms with Gasteiger partial charge in [-0.05, 0) is 17.7 Å². The maximum absolute atomic E-state index is 12.4. The summed E-state index contributed by atoms with van der Waals surface area (Å²) in [7, 11) is 0. The van der Waals surface area contributed by atoms with Gasteiger partial charge in [0.05, 0.1) is 23.8 Å². The van der Waals surface area contributed by atoms with Crippen molar-refractivity contribution in [2.24, 2.45) is 0 Å². The van der Waals surface area contributed by atoms with Gasteiger partial charge >= 0.3 is 0 Å². The first kappa shape index (κ1) is 20.3. The van der Waals surface area contributed by atoms with Gasteiger partial charge in [-0.1, -0.05) is 42.5 Å². The molecule has 2 aliphatic heterocycles. The SMILES string of the molecule is O=C(CCN1C(=O)c2ccccc2C1=O)NC[C@H]1CN(Cc2ccccc2)CCO1. The predicted molar refractivity (Wildman–Crippen MR) is 111 cm³/mol. The van der Waals surface area contributed by atoms with E-state index in [0.717, 1.165) is 24.5 Å². The predicted octanol–water partition coefficient (Wildman–Crippen LogP) is 1.69. The maximum atomic E-state index is 12.4. The topological polar surface area (TPSA) is 79.0 Å². The number of carbonyl (C=O) groups is 3. The molecule has 2 aliphatic rings. The molecule has 0 unspecified atom stereocenters. The Kier molecular flexibility index (Phi) is 6.21. The lowest BCUT2D eigenvalue weighted by atomic mass is 10.1. The highest BCUT2D eigenvalue weighted by molar-refractivity contribution is 6.21. The molecule has 0 bridgehead atoms. The smallest absolute Gasteiger partial charge is 0.261 e. The van der Waals surface area contributed by atoms with Crippen molar-refractivity contribution in [3.63, 3.8) is 0 Å². The summed E-state index contributed by atoms with van der Waals surface area (Å²) in [6, 6.07) is 17.0. The van der Waals surface area contributed by atoms with Crippen molar-refractivity contribution in [3.8, 4) is 0 Å². The molecular formula is C23H25N3O4. The number of nitrogens with one attached hydrogen (secondary N) is 1. The van der Waals surface area contributed by atoms with Crippen molar-refractivity contribution < 1.29 is 19.1 Å². The van der Waals surface area contributed by atoms with Gasteiger partial charge in [0.2, 0.25) is 5.91 Å². The van der Waals surface area contributed by atoms with Gasteiger partial charge in [0.1, 0.15) is 0 Å². The van der Waals surface area contributed by atoms with Crippen molar-refractivity contribution in [2.45, 2.75) is 19.1 Å². The third-order valence-electron chi connectivity index (χ3n) is 5.44. The first-order valence-corrected chi connectivity index (χ1v) is 10.2. The summed E-state index contributed by atoms with van der Waals surface area (Å²) in [6.45, 7) is 3.57. The summed E-state index contributed by atoms with van der Waals surface area (Å²) in [5, 5.41) is 2.87. The van der Waals surface area contributed by atoms with E-state index in [9.17, 15) is 14.4 Å². The fourth-order valence-corrected chi connectivity index (χ4v) is 3.86. The minimum Gasteiger partial charge on any atom is -0.374 e. The van der Waals surface area contributed by atoms with Crippen LogP contribution in [0.1, 0.15) is 32.7 Å². The van der Waals surface area contributed by atoms with Crippen LogP contribution in [0.15, 0.2) is 54.6 Å². The summed E-state index contributed by atoms with van der Waals surface area (Å²) < 4.78 is 5.78. The van der Waals surface area contributed by atoms with E-state index < -0.39 is 0 Å². The van der Waals surface area contributed by atoms with E-state index in [1.54, 1.807) is 24.3 Å². The zero-order valence-electron chi connectivity index (χ0n) is 16.8. The van der Waals surface area contributed by atoms with Gasteiger partial charge < -0.3 is 10.1 Å². The summed E-state index contributed by atoms with van der Waals surface area (Å²) in [5.74, 6) is -0.874. The highest BCUT2D eigenvalue weighted by atomic mass is 16.5. The molecule has 2 aromatic rings. The number of hydrogen-bond acceptors (Lipinski definition) is 5. The molecule has 0 radical (unpaired) electrons. The molecule has 0 saturated carbocycles. The fourth-order valence-electron chi connectivity index (χ4n) is 3.86. The molecule has 156 valence electrons. The minimum absolute atomic E-state index is 0.0732. The minimum atomic E-state index is -0.337. The standard InChI is InChI=1S/C23H25N3O4/c27-21(10-11-26-22(28)19-8-4-5-9-20(19)23(26)29)24-14-18-16-25(12-13-30-18)15-17-6-2-1-3-7-17/h1-9,18H,10-16H2,(H,24,27)/t18-/m0/s1. The first-order chi connectivity index (χ1) is 14.6. The van der Waals surface area contributed by atoms with E-state index in [2.05, 4.69) is 22.3 Å². The molecule has 7 heteroatoms. The van der Waals surface area contributed by atoms with Gasteiger partial charge in [-0.2, -0.15) is 0 Å². The van der Waals surface area contributed by atoms with E-state index in [1.165, 1.54) is 5.56 Å². The van der Waals surface area contributed by atoms with Gasteiger partial charge in [0, 0.05) is 39.1 Å². The Balaban J connectivity index is 1.21. The third-order valence-corrected chi connectivity index (χ3v) is 5.44. The molecule has 0 aromatic heterocycles. The van der Waals surface area contributed by atoms with Crippen LogP contribution in [0.4, 0.5) is 0 Å². The second-order valence-electron chi connectivity index (χ2n) is 7.58. The molecule has 1 saturated heterocycles. The number of morpholine rings is 1. The van der Waals surface area contributed by atoms with Crippen molar-refractivity contribution in [1.82, 2.24) is 15.1 Å². The summed E-state index contributed by atoms with van der Waals surface area (Å²) in [5.41, 5.74) is 2.05. The fraction of sp³-hybridized carbons (Fsp3) is 0.348. The Bertz CT molecular complexity index is 896. The van der Waals surface area contributed by atoms with Crippen molar-refractivity contribution >= 4 is 17.7 Å². The molecular weight excluding hydrogens is 382 g/mol. The molecule has 1 N–H and O–H groups in total. The molecule has 1 fully saturated rings. The second kappa shape index (κ2) is 9.19. The molecule has 4 rings (SSSR count). The summed E-state index contributed by atoms with van der Waals surface area (Å²) in [4.78, 5) is 40.4. The largest absolute Gasteiger partial charge is 0.374 e. The lowest BCUT2D eigenvalue weighted by Gasteiger charge is -2.33. The Hall–Kier alpha value is -3.03. The van der Waals surface area contributed by atoms with Crippen LogP contribution in [0.3, 0.4) is 0 Å². The Labute approximate surface area is 175 Å². The van der Waals surface area contributed by atoms with E-state index in [-0.39, 0.29) is 36.8 Å². The van der Waals surface area contributed by atoms with Crippen molar-refractivity contribution in [2.75, 3.05) is 32.8 Å². The number of rotatable bonds is 7. The Morgan fingerprint density at radius 2 is 1.67 bits per heavy atom. The number of amides is 3. The van der Waals surface area contributed by atoms with Crippen LogP contribution < -0.4 is 5.32 Å². The number of benzene rings is 2. The van der Waals surface area contributed by atoms with Crippen molar-refractivity contribution in [3.05, 3.63) is 71.3 Å². The van der Waals surface area contributed by atoms with Crippen LogP contribution in [0.5, 0.6) is 0 Å². The monoisotopic (exact) mass is 407 g/mol. The quantitative estimate of drug-likeness (QED) is 0.707. The third kappa shape index (κ3) is 4.58. The number of imide groups is 1. The van der Waals surface area contributed by atoms with Crippen LogP contribution >= 0.6 is 0 Å². The van der Waals surface area contributed by atoms with E-state index in [1.807, 2.05) is 18.2 Å². The van der Waals surface area contributed by atoms with Crippen LogP contribution in [0.25, 0.3) is 0 Å². The molecule has 30 heavy (non-hydrogen) atoms. The molecule has 2 heterocycles. The van der Waals surface area contributed by atoms with E-state index >= 15 is 0 Å². The average Bonchev–Trinajstić information content (AvgIpc) is 3.02. The van der Waals surface area contributed by atoms with Gasteiger partial charge in [-0.3, -0.25) is 24.2 Å². The average molecular weight is 407 g/mol. The normalized spacial score (nSPS) is 19.1. The lowest BCUT2D eigenvalue weighted by molar-refractivity contribution is -0.122. The number of hydrogen-bond donors (Lipinski definition) is 1. The Morgan fingerprint density at radius 3 is 2.37 bits per heavy atom. The van der Waals surface area contributed by atoms with E-state index in [4.69, 9.17) is 4.74 Å². The van der Waals surface area contributed by atoms with Crippen LogP contribution in [0.2, 0.25) is 0 Å². The maximum Gasteiger partial charge on any atom is 0.261 e. The molecule has 7 nitrogen and oxygen atoms in total. The molecule has 3 amide bonds. The zero-order valence-corrected chi connectivity index (χ0v) is 16.8. The highest BCUT2D eigenvalue weighted by Gasteiger charge is 2.35. The number of ether oxygens (including phenoxy) is 1. The van der Waals surface area contributed by atoms with Crippen molar-refractivity contribution in [1.29, 1.82) is 0 Å². The molecule has 1 atom stereocenters. The van der Waals surface area contributed by atoms with Gasteiger partial charge in [-0.15, -0.1) is 0 Å². The van der Waals surface area contributed by atoms with Crippen LogP contribution in [-0.4, -0.2) is 66.4 Å². The molecule has 2 aromatic carbocycles. The zero-order chi connectivity index (χ0) is 20.9. The number of carbonyl (C=O) groups excluding carboxylic acids is 3. The van der Waals surface area contributed by atoms with Crippen LogP contribution in [-0.2, 0) is 16.1 Å².